The molecule has 0 saturated heterocycles. The summed E-state index contributed by atoms with van der Waals surface area (Å²) in [6.07, 6.45) is 2.62. The van der Waals surface area contributed by atoms with E-state index >= 15 is 0 Å². The molecular weight excluding hydrogens is 114 g/mol. The average Bonchev–Trinajstić information content (AvgIpc) is 2.68. The van der Waals surface area contributed by atoms with Crippen molar-refractivity contribution in [3.05, 3.63) is 0 Å². The van der Waals surface area contributed by atoms with Crippen LogP contribution in [-0.4, -0.2) is 10.7 Å². The van der Waals surface area contributed by atoms with E-state index in [0.717, 1.165) is 12.8 Å². The van der Waals surface area contributed by atoms with Gasteiger partial charge in [-0.3, -0.25) is 0 Å². The highest BCUT2D eigenvalue weighted by Crippen LogP contribution is 2.40. The molecule has 50 valence electrons. The van der Waals surface area contributed by atoms with E-state index in [-0.39, 0.29) is 5.92 Å². The summed E-state index contributed by atoms with van der Waals surface area (Å²) in [6, 6.07) is 1.95. The first-order chi connectivity index (χ1) is 4.23. The first kappa shape index (κ1) is 6.57. The van der Waals surface area contributed by atoms with Crippen LogP contribution in [-0.2, 0) is 0 Å². The second-order valence-corrected chi connectivity index (χ2v) is 2.66. The Bertz CT molecular complexity index is 145. The molecule has 1 unspecified atom stereocenters. The minimum Gasteiger partial charge on any atom is -0.375 e. The molecular formula is C7H11NO. The summed E-state index contributed by atoms with van der Waals surface area (Å²) < 4.78 is 0. The standard InChI is InChI=1S/C7H11NO/c1-2-7(9,5-8)6-3-4-6/h6,9H,2-4H2,1H3. The van der Waals surface area contributed by atoms with E-state index in [9.17, 15) is 5.11 Å². The summed E-state index contributed by atoms with van der Waals surface area (Å²) in [5.74, 6) is 0.271. The van der Waals surface area contributed by atoms with Gasteiger partial charge in [0.05, 0.1) is 6.07 Å². The van der Waals surface area contributed by atoms with E-state index in [0.29, 0.717) is 6.42 Å². The van der Waals surface area contributed by atoms with Gasteiger partial charge in [-0.25, -0.2) is 0 Å². The fourth-order valence-corrected chi connectivity index (χ4v) is 1.02. The Labute approximate surface area is 55.1 Å². The van der Waals surface area contributed by atoms with E-state index in [1.165, 1.54) is 0 Å². The molecule has 1 aliphatic carbocycles. The lowest BCUT2D eigenvalue weighted by Gasteiger charge is -2.15. The molecule has 1 aliphatic rings. The predicted octanol–water partition coefficient (Wildman–Crippen LogP) is 1.06. The first-order valence-electron chi connectivity index (χ1n) is 3.36. The van der Waals surface area contributed by atoms with Crippen LogP contribution in [0.4, 0.5) is 0 Å². The van der Waals surface area contributed by atoms with Gasteiger partial charge in [0.2, 0.25) is 0 Å². The van der Waals surface area contributed by atoms with Crippen molar-refractivity contribution in [3.63, 3.8) is 0 Å². The van der Waals surface area contributed by atoms with Crippen LogP contribution in [0.15, 0.2) is 0 Å². The van der Waals surface area contributed by atoms with Gasteiger partial charge in [0.1, 0.15) is 0 Å². The van der Waals surface area contributed by atoms with Gasteiger partial charge in [-0.05, 0) is 19.3 Å². The van der Waals surface area contributed by atoms with E-state index in [1.54, 1.807) is 0 Å². The topological polar surface area (TPSA) is 44.0 Å². The maximum absolute atomic E-state index is 9.41. The molecule has 1 atom stereocenters. The smallest absolute Gasteiger partial charge is 0.153 e. The Morgan fingerprint density at radius 3 is 2.44 bits per heavy atom. The minimum absolute atomic E-state index is 0.271. The van der Waals surface area contributed by atoms with Gasteiger partial charge in [0.25, 0.3) is 0 Å². The van der Waals surface area contributed by atoms with E-state index in [4.69, 9.17) is 5.26 Å². The highest BCUT2D eigenvalue weighted by Gasteiger charge is 2.42. The monoisotopic (exact) mass is 125 g/mol. The molecule has 0 aromatic carbocycles. The zero-order valence-corrected chi connectivity index (χ0v) is 5.59. The Morgan fingerprint density at radius 1 is 1.78 bits per heavy atom. The second kappa shape index (κ2) is 2.00. The normalized spacial score (nSPS) is 24.6. The Balaban J connectivity index is 2.56. The summed E-state index contributed by atoms with van der Waals surface area (Å²) in [5, 5.41) is 17.9. The fourth-order valence-electron chi connectivity index (χ4n) is 1.02. The number of rotatable bonds is 2. The lowest BCUT2D eigenvalue weighted by Crippen LogP contribution is -2.27. The van der Waals surface area contributed by atoms with Gasteiger partial charge >= 0.3 is 0 Å². The summed E-state index contributed by atoms with van der Waals surface area (Å²) in [5.41, 5.74) is -1.00. The third kappa shape index (κ3) is 1.06. The molecule has 2 heteroatoms. The van der Waals surface area contributed by atoms with Gasteiger partial charge in [-0.15, -0.1) is 0 Å². The van der Waals surface area contributed by atoms with Crippen molar-refractivity contribution in [2.24, 2.45) is 5.92 Å². The summed E-state index contributed by atoms with van der Waals surface area (Å²) >= 11 is 0. The molecule has 0 amide bonds. The molecule has 1 fully saturated rings. The largest absolute Gasteiger partial charge is 0.375 e. The van der Waals surface area contributed by atoms with E-state index in [2.05, 4.69) is 0 Å². The van der Waals surface area contributed by atoms with E-state index < -0.39 is 5.60 Å². The van der Waals surface area contributed by atoms with Crippen molar-refractivity contribution >= 4 is 0 Å². The summed E-state index contributed by atoms with van der Waals surface area (Å²) in [7, 11) is 0. The van der Waals surface area contributed by atoms with Gasteiger partial charge < -0.3 is 5.11 Å². The molecule has 0 radical (unpaired) electrons. The zero-order valence-electron chi connectivity index (χ0n) is 5.59. The van der Waals surface area contributed by atoms with Crippen molar-refractivity contribution in [2.45, 2.75) is 31.8 Å². The van der Waals surface area contributed by atoms with Gasteiger partial charge in [0, 0.05) is 5.92 Å². The number of hydrogen-bond acceptors (Lipinski definition) is 2. The van der Waals surface area contributed by atoms with Crippen molar-refractivity contribution in [1.29, 1.82) is 5.26 Å². The Kier molecular flexibility index (Phi) is 1.46. The molecule has 0 heterocycles. The third-order valence-corrected chi connectivity index (χ3v) is 1.99. The Morgan fingerprint density at radius 2 is 2.33 bits per heavy atom. The van der Waals surface area contributed by atoms with Crippen LogP contribution >= 0.6 is 0 Å². The van der Waals surface area contributed by atoms with Crippen LogP contribution in [0.3, 0.4) is 0 Å². The number of nitriles is 1. The first-order valence-corrected chi connectivity index (χ1v) is 3.36. The summed E-state index contributed by atoms with van der Waals surface area (Å²) in [6.45, 7) is 1.85. The van der Waals surface area contributed by atoms with Crippen LogP contribution in [0.5, 0.6) is 0 Å². The van der Waals surface area contributed by atoms with Crippen molar-refractivity contribution < 1.29 is 5.11 Å². The SMILES string of the molecule is CCC(O)(C#N)C1CC1. The second-order valence-electron chi connectivity index (χ2n) is 2.66. The highest BCUT2D eigenvalue weighted by atomic mass is 16.3. The minimum atomic E-state index is -1.00. The maximum Gasteiger partial charge on any atom is 0.153 e. The third-order valence-electron chi connectivity index (χ3n) is 1.99. The van der Waals surface area contributed by atoms with Crippen LogP contribution in [0.1, 0.15) is 26.2 Å². The lowest BCUT2D eigenvalue weighted by atomic mass is 9.97. The average molecular weight is 125 g/mol. The van der Waals surface area contributed by atoms with Crippen molar-refractivity contribution in [1.82, 2.24) is 0 Å². The molecule has 0 aromatic rings. The molecule has 1 rings (SSSR count). The number of aliphatic hydroxyl groups is 1. The lowest BCUT2D eigenvalue weighted by molar-refractivity contribution is 0.0715. The van der Waals surface area contributed by atoms with Gasteiger partial charge in [-0.2, -0.15) is 5.26 Å². The summed E-state index contributed by atoms with van der Waals surface area (Å²) in [4.78, 5) is 0. The van der Waals surface area contributed by atoms with Crippen LogP contribution in [0, 0.1) is 17.2 Å². The quantitative estimate of drug-likeness (QED) is 0.561. The highest BCUT2D eigenvalue weighted by molar-refractivity contribution is 5.08. The van der Waals surface area contributed by atoms with Crippen molar-refractivity contribution in [2.75, 3.05) is 0 Å². The van der Waals surface area contributed by atoms with E-state index in [1.807, 2.05) is 13.0 Å². The molecule has 1 saturated carbocycles. The van der Waals surface area contributed by atoms with Crippen LogP contribution in [0.25, 0.3) is 0 Å². The van der Waals surface area contributed by atoms with Crippen LogP contribution in [0.2, 0.25) is 0 Å². The maximum atomic E-state index is 9.41. The fraction of sp³-hybridized carbons (Fsp3) is 0.857. The number of nitrogens with zero attached hydrogens (tertiary/aromatic N) is 1. The number of hydrogen-bond donors (Lipinski definition) is 1. The van der Waals surface area contributed by atoms with Gasteiger partial charge in [-0.1, -0.05) is 6.92 Å². The molecule has 9 heavy (non-hydrogen) atoms. The molecule has 0 spiro atoms. The molecule has 2 nitrogen and oxygen atoms in total. The molecule has 0 aliphatic heterocycles. The zero-order chi connectivity index (χ0) is 6.91. The van der Waals surface area contributed by atoms with Crippen LogP contribution < -0.4 is 0 Å². The van der Waals surface area contributed by atoms with Crippen molar-refractivity contribution in [3.8, 4) is 6.07 Å². The Hall–Kier alpha value is -0.550. The predicted molar refractivity (Wildman–Crippen MR) is 33.6 cm³/mol. The molecule has 0 bridgehead atoms. The molecule has 0 aromatic heterocycles. The molecule has 1 N–H and O–H groups in total. The van der Waals surface area contributed by atoms with Gasteiger partial charge in [0.15, 0.2) is 5.60 Å².